The molecular weight excluding hydrogens is 354 g/mol. The molecular formula is C23H27NO2S. The number of ketones is 1. The van der Waals surface area contributed by atoms with Crippen molar-refractivity contribution in [3.05, 3.63) is 50.7 Å². The Morgan fingerprint density at radius 3 is 2.74 bits per heavy atom. The second kappa shape index (κ2) is 6.23. The molecule has 0 spiro atoms. The molecule has 0 N–H and O–H groups in total. The van der Waals surface area contributed by atoms with Crippen molar-refractivity contribution in [2.75, 3.05) is 26.1 Å². The Hall–Kier alpha value is -2.07. The number of allylic oxidation sites excluding steroid dienone is 1. The molecule has 0 unspecified atom stereocenters. The van der Waals surface area contributed by atoms with Crippen LogP contribution in [0.1, 0.15) is 51.0 Å². The van der Waals surface area contributed by atoms with Crippen molar-refractivity contribution in [1.82, 2.24) is 0 Å². The first-order chi connectivity index (χ1) is 12.8. The molecule has 0 aliphatic heterocycles. The molecule has 4 rings (SSSR count). The van der Waals surface area contributed by atoms with E-state index in [9.17, 15) is 4.79 Å². The van der Waals surface area contributed by atoms with Crippen molar-refractivity contribution in [2.45, 2.75) is 33.1 Å². The minimum absolute atomic E-state index is 0.0135. The van der Waals surface area contributed by atoms with Gasteiger partial charge in [0, 0.05) is 35.6 Å². The fourth-order valence-corrected chi connectivity index (χ4v) is 5.84. The Morgan fingerprint density at radius 1 is 1.33 bits per heavy atom. The van der Waals surface area contributed by atoms with Crippen LogP contribution in [0.5, 0.6) is 5.75 Å². The molecule has 2 aliphatic rings. The van der Waals surface area contributed by atoms with Gasteiger partial charge in [-0.15, -0.1) is 11.3 Å². The van der Waals surface area contributed by atoms with Gasteiger partial charge in [-0.3, -0.25) is 4.79 Å². The number of anilines is 1. The van der Waals surface area contributed by atoms with E-state index in [4.69, 9.17) is 4.74 Å². The number of nitrogens with zero attached hydrogens (tertiary/aromatic N) is 1. The summed E-state index contributed by atoms with van der Waals surface area (Å²) in [5.74, 6) is 2.11. The van der Waals surface area contributed by atoms with Gasteiger partial charge in [0.1, 0.15) is 5.75 Å². The molecule has 1 aromatic heterocycles. The summed E-state index contributed by atoms with van der Waals surface area (Å²) in [5, 5.41) is 0. The lowest BCUT2D eigenvalue weighted by molar-refractivity contribution is 0.104. The first kappa shape index (κ1) is 18.3. The predicted molar refractivity (Wildman–Crippen MR) is 113 cm³/mol. The molecule has 142 valence electrons. The third-order valence-electron chi connectivity index (χ3n) is 6.40. The van der Waals surface area contributed by atoms with E-state index in [1.54, 1.807) is 18.7 Å². The van der Waals surface area contributed by atoms with Crippen molar-refractivity contribution in [2.24, 2.45) is 11.3 Å². The molecule has 0 bridgehead atoms. The van der Waals surface area contributed by atoms with Gasteiger partial charge in [0.05, 0.1) is 12.7 Å². The number of carbonyl (C=O) groups excluding carboxylic acids is 1. The summed E-state index contributed by atoms with van der Waals surface area (Å²) in [6.07, 6.45) is 4.87. The topological polar surface area (TPSA) is 29.5 Å². The van der Waals surface area contributed by atoms with Crippen molar-refractivity contribution in [1.29, 1.82) is 0 Å². The third-order valence-corrected chi connectivity index (χ3v) is 7.53. The largest absolute Gasteiger partial charge is 0.496 e. The monoisotopic (exact) mass is 381 g/mol. The highest BCUT2D eigenvalue weighted by Gasteiger charge is 2.63. The van der Waals surface area contributed by atoms with E-state index in [1.165, 1.54) is 15.3 Å². The van der Waals surface area contributed by atoms with E-state index in [-0.39, 0.29) is 5.78 Å². The zero-order valence-corrected chi connectivity index (χ0v) is 17.7. The number of fused-ring (bicyclic) bond motifs is 3. The van der Waals surface area contributed by atoms with Crippen molar-refractivity contribution >= 4 is 28.9 Å². The molecule has 0 saturated heterocycles. The van der Waals surface area contributed by atoms with Crippen molar-refractivity contribution in [3.63, 3.8) is 0 Å². The number of methoxy groups -OCH3 is 1. The van der Waals surface area contributed by atoms with Crippen LogP contribution in [0.3, 0.4) is 0 Å². The lowest BCUT2D eigenvalue weighted by atomic mass is 9.95. The number of rotatable bonds is 5. The smallest absolute Gasteiger partial charge is 0.189 e. The number of ether oxygens (including phenoxy) is 1. The highest BCUT2D eigenvalue weighted by atomic mass is 32.1. The summed E-state index contributed by atoms with van der Waals surface area (Å²) in [7, 11) is 5.56. The molecule has 4 heteroatoms. The van der Waals surface area contributed by atoms with Crippen LogP contribution in [0.25, 0.3) is 6.08 Å². The van der Waals surface area contributed by atoms with Crippen LogP contribution >= 0.6 is 11.3 Å². The first-order valence-corrected chi connectivity index (χ1v) is 10.3. The summed E-state index contributed by atoms with van der Waals surface area (Å²) in [4.78, 5) is 17.5. The summed E-state index contributed by atoms with van der Waals surface area (Å²) < 4.78 is 5.45. The Balaban J connectivity index is 1.59. The van der Waals surface area contributed by atoms with Gasteiger partial charge in [-0.2, -0.15) is 0 Å². The van der Waals surface area contributed by atoms with Gasteiger partial charge in [-0.05, 0) is 66.0 Å². The Bertz CT molecular complexity index is 952. The van der Waals surface area contributed by atoms with Gasteiger partial charge in [-0.1, -0.05) is 13.8 Å². The number of benzene rings is 1. The second-order valence-electron chi connectivity index (χ2n) is 8.50. The fourth-order valence-electron chi connectivity index (χ4n) is 4.70. The SMILES string of the molecule is COc1cc(N(C)C)ccc1C(=O)C=Cc1sc(C)c2c1C[C@@H]1[C@H]2C1(C)C. The summed E-state index contributed by atoms with van der Waals surface area (Å²) in [6, 6.07) is 5.71. The van der Waals surface area contributed by atoms with Gasteiger partial charge in [0.2, 0.25) is 0 Å². The van der Waals surface area contributed by atoms with Crippen molar-refractivity contribution in [3.8, 4) is 5.75 Å². The van der Waals surface area contributed by atoms with Gasteiger partial charge < -0.3 is 9.64 Å². The van der Waals surface area contributed by atoms with Gasteiger partial charge in [0.15, 0.2) is 5.78 Å². The van der Waals surface area contributed by atoms with E-state index in [1.807, 2.05) is 54.6 Å². The molecule has 0 amide bonds. The first-order valence-electron chi connectivity index (χ1n) is 9.45. The van der Waals surface area contributed by atoms with Crippen LogP contribution in [0.15, 0.2) is 24.3 Å². The quantitative estimate of drug-likeness (QED) is 0.518. The fraction of sp³-hybridized carbons (Fsp3) is 0.435. The van der Waals surface area contributed by atoms with Crippen LogP contribution < -0.4 is 9.64 Å². The Kier molecular flexibility index (Phi) is 4.22. The van der Waals surface area contributed by atoms with Gasteiger partial charge >= 0.3 is 0 Å². The molecule has 1 saturated carbocycles. The van der Waals surface area contributed by atoms with E-state index in [0.717, 1.165) is 23.9 Å². The summed E-state index contributed by atoms with van der Waals surface area (Å²) in [5.41, 5.74) is 5.12. The molecule has 0 radical (unpaired) electrons. The molecule has 1 heterocycles. The highest BCUT2D eigenvalue weighted by Crippen LogP contribution is 2.71. The highest BCUT2D eigenvalue weighted by molar-refractivity contribution is 7.13. The second-order valence-corrected chi connectivity index (χ2v) is 9.76. The Labute approximate surface area is 165 Å². The van der Waals surface area contributed by atoms with E-state index < -0.39 is 0 Å². The van der Waals surface area contributed by atoms with E-state index in [2.05, 4.69) is 20.8 Å². The van der Waals surface area contributed by atoms with Crippen LogP contribution in [0.4, 0.5) is 5.69 Å². The lowest BCUT2D eigenvalue weighted by Gasteiger charge is -2.15. The van der Waals surface area contributed by atoms with Gasteiger partial charge in [0.25, 0.3) is 0 Å². The maximum absolute atomic E-state index is 12.8. The lowest BCUT2D eigenvalue weighted by Crippen LogP contribution is -2.09. The van der Waals surface area contributed by atoms with Crippen LogP contribution in [-0.4, -0.2) is 27.0 Å². The van der Waals surface area contributed by atoms with Crippen LogP contribution in [0.2, 0.25) is 0 Å². The predicted octanol–water partition coefficient (Wildman–Crippen LogP) is 5.32. The maximum Gasteiger partial charge on any atom is 0.189 e. The number of hydrogen-bond acceptors (Lipinski definition) is 4. The zero-order chi connectivity index (χ0) is 19.5. The maximum atomic E-state index is 12.8. The molecule has 2 atom stereocenters. The van der Waals surface area contributed by atoms with Crippen LogP contribution in [-0.2, 0) is 6.42 Å². The number of hydrogen-bond donors (Lipinski definition) is 0. The van der Waals surface area contributed by atoms with Gasteiger partial charge in [-0.25, -0.2) is 0 Å². The number of carbonyl (C=O) groups is 1. The number of thiophene rings is 1. The molecule has 27 heavy (non-hydrogen) atoms. The average Bonchev–Trinajstić information content (AvgIpc) is 2.96. The third kappa shape index (κ3) is 2.82. The molecule has 1 fully saturated rings. The van der Waals surface area contributed by atoms with E-state index in [0.29, 0.717) is 16.7 Å². The number of aryl methyl sites for hydroxylation is 1. The van der Waals surface area contributed by atoms with E-state index >= 15 is 0 Å². The minimum atomic E-state index is -0.0135. The normalized spacial score (nSPS) is 21.9. The summed E-state index contributed by atoms with van der Waals surface area (Å²) in [6.45, 7) is 6.98. The molecule has 2 aliphatic carbocycles. The molecule has 2 aromatic rings. The van der Waals surface area contributed by atoms with Crippen LogP contribution in [0, 0.1) is 18.3 Å². The Morgan fingerprint density at radius 2 is 2.07 bits per heavy atom. The van der Waals surface area contributed by atoms with Crippen molar-refractivity contribution < 1.29 is 9.53 Å². The zero-order valence-electron chi connectivity index (χ0n) is 16.9. The molecule has 3 nitrogen and oxygen atoms in total. The standard InChI is InChI=1S/C23H27NO2S/c1-13-21-16(12-17-22(21)23(17,2)3)20(27-13)10-9-18(25)15-8-7-14(24(4)5)11-19(15)26-6/h7-11,17,22H,12H2,1-6H3/t17-,22-/m1/s1. The summed E-state index contributed by atoms with van der Waals surface area (Å²) >= 11 is 1.82. The molecule has 1 aromatic carbocycles. The minimum Gasteiger partial charge on any atom is -0.496 e. The average molecular weight is 382 g/mol.